The van der Waals surface area contributed by atoms with Gasteiger partial charge < -0.3 is 14.4 Å². The van der Waals surface area contributed by atoms with Crippen LogP contribution in [0.2, 0.25) is 5.02 Å². The quantitative estimate of drug-likeness (QED) is 0.336. The van der Waals surface area contributed by atoms with E-state index >= 15 is 0 Å². The third-order valence-electron chi connectivity index (χ3n) is 6.45. The van der Waals surface area contributed by atoms with Crippen molar-refractivity contribution in [3.63, 3.8) is 0 Å². The van der Waals surface area contributed by atoms with E-state index in [1.54, 1.807) is 6.07 Å². The molecule has 0 unspecified atom stereocenters. The minimum Gasteiger partial charge on any atom is -0.481 e. The summed E-state index contributed by atoms with van der Waals surface area (Å²) >= 11 is 6.63. The number of nitrogens with zero attached hydrogens (tertiary/aromatic N) is 2. The van der Waals surface area contributed by atoms with Gasteiger partial charge in [0, 0.05) is 60.4 Å². The summed E-state index contributed by atoms with van der Waals surface area (Å²) in [6, 6.07) is 23.4. The zero-order chi connectivity index (χ0) is 24.4. The Morgan fingerprint density at radius 3 is 2.22 bits per heavy atom. The van der Waals surface area contributed by atoms with E-state index in [1.807, 2.05) is 42.5 Å². The number of benzene rings is 3. The minimum atomic E-state index is -1.08. The number of carboxylic acids is 1. The smallest absolute Gasteiger partial charge is 0.340 e. The molecule has 1 saturated heterocycles. The van der Waals surface area contributed by atoms with Crippen molar-refractivity contribution in [1.29, 1.82) is 0 Å². The highest BCUT2D eigenvalue weighted by atomic mass is 35.5. The normalized spacial score (nSPS) is 14.0. The van der Waals surface area contributed by atoms with Gasteiger partial charge in [-0.2, -0.15) is 0 Å². The maximum Gasteiger partial charge on any atom is 0.340 e. The molecule has 1 aliphatic rings. The molecule has 0 amide bonds. The van der Waals surface area contributed by atoms with Crippen molar-refractivity contribution in [2.24, 2.45) is 0 Å². The highest BCUT2D eigenvalue weighted by molar-refractivity contribution is 6.32. The first-order chi connectivity index (χ1) is 17.0. The molecule has 0 spiro atoms. The van der Waals surface area contributed by atoms with Crippen LogP contribution in [-0.4, -0.2) is 42.2 Å². The first-order valence-corrected chi connectivity index (χ1v) is 11.9. The van der Waals surface area contributed by atoms with Crippen LogP contribution in [0.1, 0.15) is 11.1 Å². The van der Waals surface area contributed by atoms with Crippen molar-refractivity contribution in [2.75, 3.05) is 31.1 Å². The molecule has 3 aromatic carbocycles. The van der Waals surface area contributed by atoms with Gasteiger partial charge in [0.25, 0.3) is 0 Å². The van der Waals surface area contributed by atoms with Gasteiger partial charge in [-0.15, -0.1) is 12.4 Å². The van der Waals surface area contributed by atoms with Gasteiger partial charge in [0.2, 0.25) is 0 Å². The van der Waals surface area contributed by atoms with Crippen molar-refractivity contribution >= 4 is 46.6 Å². The molecular formula is C28H26Cl2N2O4. The van der Waals surface area contributed by atoms with Gasteiger partial charge in [0.1, 0.15) is 5.58 Å². The summed E-state index contributed by atoms with van der Waals surface area (Å²) < 4.78 is 5.52. The first-order valence-electron chi connectivity index (χ1n) is 11.6. The fourth-order valence-corrected chi connectivity index (χ4v) is 4.93. The molecular weight excluding hydrogens is 499 g/mol. The largest absolute Gasteiger partial charge is 0.481 e. The van der Waals surface area contributed by atoms with E-state index in [2.05, 4.69) is 34.1 Å². The van der Waals surface area contributed by atoms with Crippen LogP contribution in [0.5, 0.6) is 0 Å². The topological polar surface area (TPSA) is 74.0 Å². The molecule has 186 valence electrons. The van der Waals surface area contributed by atoms with Gasteiger partial charge >= 0.3 is 11.6 Å². The maximum atomic E-state index is 12.7. The molecule has 0 atom stereocenters. The second-order valence-electron chi connectivity index (χ2n) is 8.72. The third kappa shape index (κ3) is 5.41. The molecule has 1 aliphatic heterocycles. The number of hydrogen-bond acceptors (Lipinski definition) is 5. The molecule has 4 aromatic rings. The molecule has 0 radical (unpaired) electrons. The van der Waals surface area contributed by atoms with Crippen LogP contribution in [0.4, 0.5) is 5.69 Å². The number of hydrogen-bond donors (Lipinski definition) is 1. The summed E-state index contributed by atoms with van der Waals surface area (Å²) in [6.45, 7) is 4.27. The van der Waals surface area contributed by atoms with Crippen LogP contribution in [0.3, 0.4) is 0 Å². The van der Waals surface area contributed by atoms with Gasteiger partial charge in [-0.05, 0) is 29.3 Å². The van der Waals surface area contributed by atoms with Crippen molar-refractivity contribution in [2.45, 2.75) is 13.0 Å². The molecule has 0 aliphatic carbocycles. The van der Waals surface area contributed by atoms with Crippen molar-refractivity contribution in [3.8, 4) is 11.1 Å². The van der Waals surface area contributed by atoms with Crippen LogP contribution < -0.4 is 10.5 Å². The Kier molecular flexibility index (Phi) is 7.99. The second kappa shape index (κ2) is 11.2. The Hall–Kier alpha value is -3.32. The van der Waals surface area contributed by atoms with Crippen LogP contribution in [0.15, 0.2) is 82.0 Å². The molecule has 5 rings (SSSR count). The van der Waals surface area contributed by atoms with E-state index in [4.69, 9.17) is 16.0 Å². The number of halogens is 2. The Bertz CT molecular complexity index is 1420. The van der Waals surface area contributed by atoms with Gasteiger partial charge in [-0.3, -0.25) is 9.69 Å². The molecule has 6 nitrogen and oxygen atoms in total. The standard InChI is InChI=1S/C28H25ClN2O4.ClH/c29-24-17-25-22(27(19-7-3-1-4-8-19)23(16-26(32)33)28(34)35-25)15-20(24)18-30-11-13-31(14-12-30)21-9-5-2-6-10-21;/h1-10,15,17H,11-14,16,18H2,(H,32,33);1H. The number of para-hydroxylation sites is 1. The van der Waals surface area contributed by atoms with Crippen molar-refractivity contribution < 1.29 is 14.3 Å². The fraction of sp³-hybridized carbons (Fsp3) is 0.214. The molecule has 36 heavy (non-hydrogen) atoms. The lowest BCUT2D eigenvalue weighted by molar-refractivity contribution is -0.136. The lowest BCUT2D eigenvalue weighted by atomic mass is 9.94. The van der Waals surface area contributed by atoms with Gasteiger partial charge in [0.05, 0.1) is 12.0 Å². The summed E-state index contributed by atoms with van der Waals surface area (Å²) in [5.41, 5.74) is 3.34. The number of carbonyl (C=O) groups is 1. The summed E-state index contributed by atoms with van der Waals surface area (Å²) in [4.78, 5) is 29.0. The zero-order valence-corrected chi connectivity index (χ0v) is 21.1. The molecule has 2 heterocycles. The molecule has 0 bridgehead atoms. The highest BCUT2D eigenvalue weighted by Crippen LogP contribution is 2.34. The number of piperazine rings is 1. The van der Waals surface area contributed by atoms with E-state index in [1.165, 1.54) is 5.69 Å². The second-order valence-corrected chi connectivity index (χ2v) is 9.13. The van der Waals surface area contributed by atoms with Crippen molar-refractivity contribution in [1.82, 2.24) is 4.90 Å². The monoisotopic (exact) mass is 524 g/mol. The maximum absolute atomic E-state index is 12.7. The lowest BCUT2D eigenvalue weighted by Crippen LogP contribution is -2.46. The van der Waals surface area contributed by atoms with Crippen LogP contribution in [0, 0.1) is 0 Å². The number of fused-ring (bicyclic) bond motifs is 1. The fourth-order valence-electron chi connectivity index (χ4n) is 4.72. The Morgan fingerprint density at radius 2 is 1.58 bits per heavy atom. The predicted molar refractivity (Wildman–Crippen MR) is 145 cm³/mol. The van der Waals surface area contributed by atoms with Crippen LogP contribution in [-0.2, 0) is 17.8 Å². The van der Waals surface area contributed by atoms with E-state index in [0.717, 1.165) is 37.3 Å². The van der Waals surface area contributed by atoms with Gasteiger partial charge in [-0.25, -0.2) is 4.79 Å². The molecule has 0 saturated carbocycles. The first kappa shape index (κ1) is 25.8. The summed E-state index contributed by atoms with van der Waals surface area (Å²) in [5.74, 6) is -1.08. The molecule has 8 heteroatoms. The highest BCUT2D eigenvalue weighted by Gasteiger charge is 2.22. The van der Waals surface area contributed by atoms with Gasteiger partial charge in [0.15, 0.2) is 0 Å². The summed E-state index contributed by atoms with van der Waals surface area (Å²) in [6.07, 6.45) is -0.415. The summed E-state index contributed by atoms with van der Waals surface area (Å²) in [5, 5.41) is 10.7. The summed E-state index contributed by atoms with van der Waals surface area (Å²) in [7, 11) is 0. The Labute approximate surface area is 220 Å². The Morgan fingerprint density at radius 1 is 0.944 bits per heavy atom. The van der Waals surface area contributed by atoms with Gasteiger partial charge in [-0.1, -0.05) is 60.1 Å². The van der Waals surface area contributed by atoms with E-state index in [-0.39, 0.29) is 18.0 Å². The van der Waals surface area contributed by atoms with Crippen molar-refractivity contribution in [3.05, 3.63) is 99.4 Å². The third-order valence-corrected chi connectivity index (χ3v) is 6.80. The molecule has 1 N–H and O–H groups in total. The number of aliphatic carboxylic acids is 1. The van der Waals surface area contributed by atoms with E-state index in [9.17, 15) is 14.7 Å². The van der Waals surface area contributed by atoms with Crippen LogP contribution in [0.25, 0.3) is 22.1 Å². The molecule has 1 fully saturated rings. The van der Waals surface area contributed by atoms with E-state index < -0.39 is 18.0 Å². The van der Waals surface area contributed by atoms with Crippen LogP contribution >= 0.6 is 24.0 Å². The van der Waals surface area contributed by atoms with E-state index in [0.29, 0.717) is 28.1 Å². The Balaban J connectivity index is 0.00000304. The number of rotatable bonds is 6. The predicted octanol–water partition coefficient (Wildman–Crippen LogP) is 5.48. The molecule has 1 aromatic heterocycles. The number of anilines is 1. The SMILES string of the molecule is Cl.O=C(O)Cc1c(-c2ccccc2)c2cc(CN3CCN(c4ccccc4)CC3)c(Cl)cc2oc1=O. The minimum absolute atomic E-state index is 0. The zero-order valence-electron chi connectivity index (χ0n) is 19.5. The lowest BCUT2D eigenvalue weighted by Gasteiger charge is -2.36. The average Bonchev–Trinajstić information content (AvgIpc) is 2.87. The number of carboxylic acid groups (broad SMARTS) is 1. The average molecular weight is 525 g/mol.